The van der Waals surface area contributed by atoms with Gasteiger partial charge in [-0.3, -0.25) is 9.59 Å². The summed E-state index contributed by atoms with van der Waals surface area (Å²) in [4.78, 5) is 28.0. The normalized spacial score (nSPS) is 20.2. The molecule has 1 aliphatic rings. The van der Waals surface area contributed by atoms with Crippen molar-refractivity contribution in [2.75, 3.05) is 0 Å². The van der Waals surface area contributed by atoms with Gasteiger partial charge in [0, 0.05) is 18.9 Å². The van der Waals surface area contributed by atoms with Crippen LogP contribution in [0.25, 0.3) is 11.3 Å². The highest BCUT2D eigenvalue weighted by atomic mass is 19.1. The molecule has 2 aromatic rings. The van der Waals surface area contributed by atoms with Crippen molar-refractivity contribution in [3.63, 3.8) is 0 Å². The number of rotatable bonds is 6. The predicted octanol–water partition coefficient (Wildman–Crippen LogP) is 3.95. The number of halogens is 1. The molecule has 3 rings (SSSR count). The maximum Gasteiger partial charge on any atom is 0.308 e. The SMILES string of the molecule is O=C(CCc1ncc(-c2ccccc2F)o1)NC1CCCCCCC1C(=O)O. The van der Waals surface area contributed by atoms with Gasteiger partial charge >= 0.3 is 5.97 Å². The third kappa shape index (κ3) is 5.18. The fourth-order valence-electron chi connectivity index (χ4n) is 3.66. The first-order chi connectivity index (χ1) is 13.5. The second-order valence-electron chi connectivity index (χ2n) is 7.21. The van der Waals surface area contributed by atoms with Crippen molar-refractivity contribution >= 4 is 11.9 Å². The van der Waals surface area contributed by atoms with E-state index in [1.165, 1.54) is 12.3 Å². The number of carboxylic acid groups (broad SMARTS) is 1. The summed E-state index contributed by atoms with van der Waals surface area (Å²) in [5, 5.41) is 12.4. The Morgan fingerprint density at radius 3 is 2.68 bits per heavy atom. The highest BCUT2D eigenvalue weighted by Crippen LogP contribution is 2.25. The molecule has 0 spiro atoms. The molecule has 28 heavy (non-hydrogen) atoms. The van der Waals surface area contributed by atoms with Crippen LogP contribution in [0.4, 0.5) is 4.39 Å². The minimum absolute atomic E-state index is 0.139. The molecule has 0 radical (unpaired) electrons. The summed E-state index contributed by atoms with van der Waals surface area (Å²) >= 11 is 0. The number of aryl methyl sites for hydroxylation is 1. The standard InChI is InChI=1S/C21H25FN2O4/c22-16-9-6-5-7-14(16)18-13-23-20(28-18)12-11-19(25)24-17-10-4-2-1-3-8-15(17)21(26)27/h5-7,9,13,15,17H,1-4,8,10-12H2,(H,24,25)(H,26,27). The average molecular weight is 388 g/mol. The molecule has 2 N–H and O–H groups in total. The van der Waals surface area contributed by atoms with Gasteiger partial charge in [0.15, 0.2) is 11.7 Å². The van der Waals surface area contributed by atoms with Crippen LogP contribution in [0.2, 0.25) is 0 Å². The van der Waals surface area contributed by atoms with Gasteiger partial charge in [-0.15, -0.1) is 0 Å². The summed E-state index contributed by atoms with van der Waals surface area (Å²) in [6.07, 6.45) is 7.02. The molecule has 1 aliphatic carbocycles. The molecule has 2 unspecified atom stereocenters. The van der Waals surface area contributed by atoms with Crippen LogP contribution in [0, 0.1) is 11.7 Å². The smallest absolute Gasteiger partial charge is 0.308 e. The van der Waals surface area contributed by atoms with Gasteiger partial charge in [-0.1, -0.05) is 37.8 Å². The summed E-state index contributed by atoms with van der Waals surface area (Å²) in [5.41, 5.74) is 0.324. The third-order valence-corrected chi connectivity index (χ3v) is 5.19. The summed E-state index contributed by atoms with van der Waals surface area (Å²) in [6, 6.07) is 5.91. The lowest BCUT2D eigenvalue weighted by Gasteiger charge is -2.27. The zero-order chi connectivity index (χ0) is 19.9. The molecule has 150 valence electrons. The minimum Gasteiger partial charge on any atom is -0.481 e. The van der Waals surface area contributed by atoms with E-state index in [0.29, 0.717) is 30.1 Å². The van der Waals surface area contributed by atoms with Gasteiger partial charge in [-0.25, -0.2) is 9.37 Å². The summed E-state index contributed by atoms with van der Waals surface area (Å²) < 4.78 is 19.4. The van der Waals surface area contributed by atoms with Gasteiger partial charge in [0.05, 0.1) is 17.7 Å². The molecular formula is C21H25FN2O4. The largest absolute Gasteiger partial charge is 0.481 e. The number of nitrogens with one attached hydrogen (secondary N) is 1. The maximum atomic E-state index is 13.8. The molecule has 0 bridgehead atoms. The van der Waals surface area contributed by atoms with Crippen LogP contribution < -0.4 is 5.32 Å². The molecule has 6 nitrogen and oxygen atoms in total. The third-order valence-electron chi connectivity index (χ3n) is 5.19. The Bertz CT molecular complexity index is 820. The quantitative estimate of drug-likeness (QED) is 0.782. The molecule has 0 saturated heterocycles. The molecule has 7 heteroatoms. The van der Waals surface area contributed by atoms with E-state index in [2.05, 4.69) is 10.3 Å². The number of carboxylic acids is 1. The van der Waals surface area contributed by atoms with E-state index >= 15 is 0 Å². The lowest BCUT2D eigenvalue weighted by atomic mass is 9.86. The first-order valence-corrected chi connectivity index (χ1v) is 9.76. The Hall–Kier alpha value is -2.70. The molecule has 1 saturated carbocycles. The van der Waals surface area contributed by atoms with Crippen LogP contribution >= 0.6 is 0 Å². The van der Waals surface area contributed by atoms with Crippen molar-refractivity contribution in [2.45, 2.75) is 57.4 Å². The number of nitrogens with zero attached hydrogens (tertiary/aromatic N) is 1. The molecule has 1 aromatic carbocycles. The van der Waals surface area contributed by atoms with Crippen molar-refractivity contribution in [3.05, 3.63) is 42.2 Å². The molecule has 1 heterocycles. The zero-order valence-corrected chi connectivity index (χ0v) is 15.7. The number of oxazole rings is 1. The Morgan fingerprint density at radius 1 is 1.18 bits per heavy atom. The van der Waals surface area contributed by atoms with E-state index in [-0.39, 0.29) is 24.8 Å². The van der Waals surface area contributed by atoms with Crippen LogP contribution in [0.5, 0.6) is 0 Å². The lowest BCUT2D eigenvalue weighted by molar-refractivity contribution is -0.143. The molecule has 0 aliphatic heterocycles. The van der Waals surface area contributed by atoms with Gasteiger partial charge < -0.3 is 14.8 Å². The van der Waals surface area contributed by atoms with Crippen LogP contribution in [0.3, 0.4) is 0 Å². The van der Waals surface area contributed by atoms with E-state index in [1.54, 1.807) is 18.2 Å². The second-order valence-corrected chi connectivity index (χ2v) is 7.21. The van der Waals surface area contributed by atoms with Gasteiger partial charge in [0.25, 0.3) is 0 Å². The predicted molar refractivity (Wildman–Crippen MR) is 101 cm³/mol. The van der Waals surface area contributed by atoms with Crippen molar-refractivity contribution in [3.8, 4) is 11.3 Å². The number of hydrogen-bond donors (Lipinski definition) is 2. The van der Waals surface area contributed by atoms with Gasteiger partial charge in [0.2, 0.25) is 5.91 Å². The summed E-state index contributed by atoms with van der Waals surface area (Å²) in [7, 11) is 0. The average Bonchev–Trinajstić information content (AvgIpc) is 3.11. The minimum atomic E-state index is -0.852. The Balaban J connectivity index is 1.56. The highest BCUT2D eigenvalue weighted by molar-refractivity contribution is 5.78. The van der Waals surface area contributed by atoms with E-state index in [9.17, 15) is 19.1 Å². The highest BCUT2D eigenvalue weighted by Gasteiger charge is 2.29. The van der Waals surface area contributed by atoms with Gasteiger partial charge in [-0.2, -0.15) is 0 Å². The van der Waals surface area contributed by atoms with Crippen LogP contribution in [0.1, 0.15) is 50.8 Å². The van der Waals surface area contributed by atoms with Crippen molar-refractivity contribution in [1.29, 1.82) is 0 Å². The monoisotopic (exact) mass is 388 g/mol. The first-order valence-electron chi connectivity index (χ1n) is 9.76. The van der Waals surface area contributed by atoms with Crippen LogP contribution in [-0.4, -0.2) is 28.0 Å². The van der Waals surface area contributed by atoms with Crippen molar-refractivity contribution in [2.24, 2.45) is 5.92 Å². The number of benzene rings is 1. The van der Waals surface area contributed by atoms with E-state index < -0.39 is 17.7 Å². The van der Waals surface area contributed by atoms with E-state index in [1.807, 2.05) is 0 Å². The van der Waals surface area contributed by atoms with Gasteiger partial charge in [-0.05, 0) is 25.0 Å². The number of amides is 1. The molecule has 1 fully saturated rings. The maximum absolute atomic E-state index is 13.8. The second kappa shape index (κ2) is 9.48. The number of hydrogen-bond acceptors (Lipinski definition) is 4. The lowest BCUT2D eigenvalue weighted by Crippen LogP contribution is -2.44. The number of aromatic nitrogens is 1. The molecule has 1 aromatic heterocycles. The van der Waals surface area contributed by atoms with Crippen molar-refractivity contribution < 1.29 is 23.5 Å². The Kier molecular flexibility index (Phi) is 6.79. The van der Waals surface area contributed by atoms with E-state index in [0.717, 1.165) is 25.7 Å². The van der Waals surface area contributed by atoms with Crippen LogP contribution in [-0.2, 0) is 16.0 Å². The number of carbonyl (C=O) groups excluding carboxylic acids is 1. The number of aliphatic carboxylic acids is 1. The fraction of sp³-hybridized carbons (Fsp3) is 0.476. The summed E-state index contributed by atoms with van der Waals surface area (Å²) in [6.45, 7) is 0. The first kappa shape index (κ1) is 20.0. The fourth-order valence-corrected chi connectivity index (χ4v) is 3.66. The van der Waals surface area contributed by atoms with Gasteiger partial charge in [0.1, 0.15) is 5.82 Å². The Labute approximate surface area is 163 Å². The number of carbonyl (C=O) groups is 2. The van der Waals surface area contributed by atoms with Crippen LogP contribution in [0.15, 0.2) is 34.9 Å². The Morgan fingerprint density at radius 2 is 1.93 bits per heavy atom. The summed E-state index contributed by atoms with van der Waals surface area (Å²) in [5.74, 6) is -1.34. The zero-order valence-electron chi connectivity index (χ0n) is 15.7. The molecule has 1 amide bonds. The molecule has 2 atom stereocenters. The topological polar surface area (TPSA) is 92.4 Å². The van der Waals surface area contributed by atoms with Crippen molar-refractivity contribution in [1.82, 2.24) is 10.3 Å². The molecular weight excluding hydrogens is 363 g/mol. The van der Waals surface area contributed by atoms with E-state index in [4.69, 9.17) is 4.42 Å².